The van der Waals surface area contributed by atoms with Crippen LogP contribution in [0, 0.1) is 0 Å². The second-order valence-corrected chi connectivity index (χ2v) is 13.7. The predicted octanol–water partition coefficient (Wildman–Crippen LogP) is 14.8. The molecule has 53 heavy (non-hydrogen) atoms. The molecule has 0 saturated carbocycles. The molecular weight excluding hydrogens is 639 g/mol. The molecule has 248 valence electrons. The Kier molecular flexibility index (Phi) is 7.55. The van der Waals surface area contributed by atoms with Gasteiger partial charge in [-0.15, -0.1) is 0 Å². The molecule has 0 aliphatic heterocycles. The quantitative estimate of drug-likeness (QED) is 0.159. The summed E-state index contributed by atoms with van der Waals surface area (Å²) < 4.78 is 0. The van der Waals surface area contributed by atoms with Crippen molar-refractivity contribution in [3.05, 3.63) is 212 Å². The van der Waals surface area contributed by atoms with Gasteiger partial charge in [0.1, 0.15) is 0 Å². The fraction of sp³-hybridized carbons (Fsp3) is 0. The predicted molar refractivity (Wildman–Crippen MR) is 227 cm³/mol. The maximum Gasteiger partial charge on any atom is 0.0540 e. The van der Waals surface area contributed by atoms with Gasteiger partial charge in [0.25, 0.3) is 0 Å². The first-order valence-electron chi connectivity index (χ1n) is 18.3. The number of para-hydroxylation sites is 1. The Morgan fingerprint density at radius 2 is 0.774 bits per heavy atom. The molecule has 0 spiro atoms. The average Bonchev–Trinajstić information content (AvgIpc) is 3.24. The zero-order chi connectivity index (χ0) is 35.1. The molecule has 0 amide bonds. The van der Waals surface area contributed by atoms with Crippen molar-refractivity contribution in [2.75, 3.05) is 4.90 Å². The Hall–Kier alpha value is -6.96. The minimum absolute atomic E-state index is 1.10. The lowest BCUT2D eigenvalue weighted by Gasteiger charge is -2.28. The van der Waals surface area contributed by atoms with E-state index in [-0.39, 0.29) is 0 Å². The highest BCUT2D eigenvalue weighted by molar-refractivity contribution is 6.20. The van der Waals surface area contributed by atoms with Crippen molar-refractivity contribution < 1.29 is 0 Å². The van der Waals surface area contributed by atoms with E-state index in [1.54, 1.807) is 0 Å². The van der Waals surface area contributed by atoms with Crippen molar-refractivity contribution in [3.8, 4) is 33.4 Å². The van der Waals surface area contributed by atoms with Gasteiger partial charge in [-0.1, -0.05) is 176 Å². The molecule has 0 fully saturated rings. The zero-order valence-corrected chi connectivity index (χ0v) is 29.2. The normalized spacial score (nSPS) is 11.4. The molecular formula is C52H35N. The van der Waals surface area contributed by atoms with E-state index in [1.165, 1.54) is 76.5 Å². The van der Waals surface area contributed by atoms with Crippen molar-refractivity contribution >= 4 is 60.2 Å². The number of anilines is 3. The van der Waals surface area contributed by atoms with Crippen molar-refractivity contribution in [1.82, 2.24) is 0 Å². The molecule has 0 aromatic heterocycles. The van der Waals surface area contributed by atoms with E-state index in [1.807, 2.05) is 0 Å². The Balaban J connectivity index is 1.07. The fourth-order valence-electron chi connectivity index (χ4n) is 8.04. The van der Waals surface area contributed by atoms with Crippen LogP contribution in [0.15, 0.2) is 212 Å². The van der Waals surface area contributed by atoms with Gasteiger partial charge in [-0.25, -0.2) is 0 Å². The van der Waals surface area contributed by atoms with Crippen LogP contribution in [0.4, 0.5) is 17.1 Å². The lowest BCUT2D eigenvalue weighted by atomic mass is 9.94. The molecule has 0 saturated heterocycles. The molecule has 0 aliphatic carbocycles. The van der Waals surface area contributed by atoms with E-state index >= 15 is 0 Å². The van der Waals surface area contributed by atoms with Crippen LogP contribution in [0.2, 0.25) is 0 Å². The fourth-order valence-corrected chi connectivity index (χ4v) is 8.04. The lowest BCUT2D eigenvalue weighted by molar-refractivity contribution is 1.28. The van der Waals surface area contributed by atoms with Gasteiger partial charge >= 0.3 is 0 Å². The van der Waals surface area contributed by atoms with E-state index in [0.717, 1.165) is 17.1 Å². The van der Waals surface area contributed by atoms with Gasteiger partial charge in [0.15, 0.2) is 0 Å². The Labute approximate surface area is 309 Å². The monoisotopic (exact) mass is 673 g/mol. The third-order valence-electron chi connectivity index (χ3n) is 10.6. The summed E-state index contributed by atoms with van der Waals surface area (Å²) in [6.07, 6.45) is 0. The molecule has 0 unspecified atom stereocenters. The second-order valence-electron chi connectivity index (χ2n) is 13.7. The highest BCUT2D eigenvalue weighted by Crippen LogP contribution is 2.42. The Morgan fingerprint density at radius 3 is 1.55 bits per heavy atom. The number of rotatable bonds is 6. The van der Waals surface area contributed by atoms with E-state index < -0.39 is 0 Å². The summed E-state index contributed by atoms with van der Waals surface area (Å²) in [7, 11) is 0. The van der Waals surface area contributed by atoms with Gasteiger partial charge in [0, 0.05) is 16.9 Å². The molecule has 0 bridgehead atoms. The van der Waals surface area contributed by atoms with Gasteiger partial charge in [0.2, 0.25) is 0 Å². The number of hydrogen-bond donors (Lipinski definition) is 0. The first-order chi connectivity index (χ1) is 26.3. The molecule has 1 nitrogen and oxygen atoms in total. The number of hydrogen-bond acceptors (Lipinski definition) is 1. The van der Waals surface area contributed by atoms with E-state index in [0.29, 0.717) is 0 Å². The third kappa shape index (κ3) is 5.51. The maximum atomic E-state index is 2.39. The summed E-state index contributed by atoms with van der Waals surface area (Å²) in [6, 6.07) is 77.2. The molecule has 10 aromatic rings. The molecule has 0 heterocycles. The van der Waals surface area contributed by atoms with Gasteiger partial charge in [-0.05, 0) is 107 Å². The summed E-state index contributed by atoms with van der Waals surface area (Å²) in [5.74, 6) is 0. The Bertz CT molecular complexity index is 2920. The van der Waals surface area contributed by atoms with Crippen LogP contribution in [0.25, 0.3) is 76.5 Å². The highest BCUT2D eigenvalue weighted by Gasteiger charge is 2.18. The molecule has 1 heteroatoms. The minimum Gasteiger partial charge on any atom is -0.310 e. The summed E-state index contributed by atoms with van der Waals surface area (Å²) in [5, 5.41) is 10.2. The Morgan fingerprint density at radius 1 is 0.264 bits per heavy atom. The zero-order valence-electron chi connectivity index (χ0n) is 29.2. The topological polar surface area (TPSA) is 3.24 Å². The maximum absolute atomic E-state index is 2.39. The summed E-state index contributed by atoms with van der Waals surface area (Å²) in [5.41, 5.74) is 10.6. The largest absolute Gasteiger partial charge is 0.310 e. The molecule has 10 aromatic carbocycles. The summed E-state index contributed by atoms with van der Waals surface area (Å²) in [4.78, 5) is 2.39. The van der Waals surface area contributed by atoms with Crippen molar-refractivity contribution in [1.29, 1.82) is 0 Å². The van der Waals surface area contributed by atoms with Crippen molar-refractivity contribution in [2.45, 2.75) is 0 Å². The lowest BCUT2D eigenvalue weighted by Crippen LogP contribution is -2.11. The SMILES string of the molecule is c1ccc(-c2ccccc2N(c2ccc(-c3ccc4c(ccc5ccc6ccccc6c54)c3)cc2)c2ccc(-c3cccc4ccccc34)cc2)cc1. The number of nitrogens with zero attached hydrogens (tertiary/aromatic N) is 1. The van der Waals surface area contributed by atoms with E-state index in [2.05, 4.69) is 217 Å². The van der Waals surface area contributed by atoms with Crippen LogP contribution in [0.1, 0.15) is 0 Å². The minimum atomic E-state index is 1.10. The smallest absolute Gasteiger partial charge is 0.0540 e. The van der Waals surface area contributed by atoms with Crippen LogP contribution < -0.4 is 4.90 Å². The first-order valence-corrected chi connectivity index (χ1v) is 18.3. The summed E-state index contributed by atoms with van der Waals surface area (Å²) in [6.45, 7) is 0. The van der Waals surface area contributed by atoms with Crippen molar-refractivity contribution in [3.63, 3.8) is 0 Å². The van der Waals surface area contributed by atoms with Gasteiger partial charge in [0.05, 0.1) is 5.69 Å². The standard InChI is InChI=1S/C52H35N/c1-2-11-38(12-3-1)48-17-8-9-20-51(48)53(45-32-27-40(28-33-45)47-19-10-15-37-13-4-6-16-46(37)47)44-30-25-36(26-31-44)42-29-34-50-43(35-42)24-23-41-22-21-39-14-5-7-18-49(39)52(41)50/h1-35H. The van der Waals surface area contributed by atoms with Crippen molar-refractivity contribution in [2.24, 2.45) is 0 Å². The van der Waals surface area contributed by atoms with Crippen LogP contribution in [-0.4, -0.2) is 0 Å². The molecule has 10 rings (SSSR count). The van der Waals surface area contributed by atoms with Gasteiger partial charge in [-0.3, -0.25) is 0 Å². The number of benzene rings is 10. The third-order valence-corrected chi connectivity index (χ3v) is 10.6. The van der Waals surface area contributed by atoms with Gasteiger partial charge < -0.3 is 4.90 Å². The molecule has 0 aliphatic rings. The number of fused-ring (bicyclic) bond motifs is 6. The highest BCUT2D eigenvalue weighted by atomic mass is 15.1. The van der Waals surface area contributed by atoms with E-state index in [9.17, 15) is 0 Å². The molecule has 0 radical (unpaired) electrons. The van der Waals surface area contributed by atoms with Crippen LogP contribution in [0.5, 0.6) is 0 Å². The molecule has 0 N–H and O–H groups in total. The average molecular weight is 674 g/mol. The molecule has 0 atom stereocenters. The van der Waals surface area contributed by atoms with Crippen LogP contribution in [0.3, 0.4) is 0 Å². The van der Waals surface area contributed by atoms with Gasteiger partial charge in [-0.2, -0.15) is 0 Å². The summed E-state index contributed by atoms with van der Waals surface area (Å²) >= 11 is 0. The van der Waals surface area contributed by atoms with E-state index in [4.69, 9.17) is 0 Å². The van der Waals surface area contributed by atoms with Crippen LogP contribution in [-0.2, 0) is 0 Å². The first kappa shape index (κ1) is 30.8. The second kappa shape index (κ2) is 13.0. The van der Waals surface area contributed by atoms with Crippen LogP contribution >= 0.6 is 0 Å².